The van der Waals surface area contributed by atoms with Crippen molar-refractivity contribution in [3.8, 4) is 17.2 Å². The Balaban J connectivity index is 1.50. The van der Waals surface area contributed by atoms with Crippen molar-refractivity contribution >= 4 is 34.1 Å². The predicted octanol–water partition coefficient (Wildman–Crippen LogP) is 6.92. The maximum atomic E-state index is 13.0. The molecule has 4 aromatic rings. The van der Waals surface area contributed by atoms with Crippen LogP contribution in [-0.4, -0.2) is 12.5 Å². The smallest absolute Gasteiger partial charge is 0.258 e. The summed E-state index contributed by atoms with van der Waals surface area (Å²) in [5.74, 6) is 0.0327. The number of amides is 1. The van der Waals surface area contributed by atoms with Gasteiger partial charge in [0.05, 0.1) is 11.8 Å². The summed E-state index contributed by atoms with van der Waals surface area (Å²) in [6.45, 7) is 0.570. The number of unbranched alkanes of at least 4 members (excludes halogenated alkanes) is 1. The molecule has 0 radical (unpaired) electrons. The largest absolute Gasteiger partial charge is 0.308 e. The lowest BCUT2D eigenvalue weighted by molar-refractivity contribution is 0.0993. The number of benzene rings is 4. The lowest BCUT2D eigenvalue weighted by atomic mass is 9.96. The van der Waals surface area contributed by atoms with Crippen LogP contribution in [0.4, 0.5) is 5.69 Å². The Morgan fingerprint density at radius 2 is 1.58 bits per heavy atom. The Labute approximate surface area is 185 Å². The molecule has 3 nitrogen and oxygen atoms in total. The molecule has 1 aliphatic heterocycles. The number of carbonyl (C=O) groups is 1. The highest BCUT2D eigenvalue weighted by Gasteiger charge is 2.30. The molecule has 1 heterocycles. The van der Waals surface area contributed by atoms with E-state index in [1.807, 2.05) is 41.3 Å². The highest BCUT2D eigenvalue weighted by molar-refractivity contribution is 7.99. The first-order valence-electron chi connectivity index (χ1n) is 10.3. The number of nitrogens with zero attached hydrogens (tertiary/aromatic N) is 2. The van der Waals surface area contributed by atoms with Gasteiger partial charge < -0.3 is 4.90 Å². The van der Waals surface area contributed by atoms with Gasteiger partial charge >= 0.3 is 0 Å². The van der Waals surface area contributed by atoms with Crippen LogP contribution >= 0.6 is 11.8 Å². The van der Waals surface area contributed by atoms with Gasteiger partial charge in [0, 0.05) is 33.7 Å². The monoisotopic (exact) mass is 420 g/mol. The Kier molecular flexibility index (Phi) is 5.19. The van der Waals surface area contributed by atoms with Gasteiger partial charge in [-0.1, -0.05) is 60.3 Å². The molecule has 0 aromatic heterocycles. The first-order valence-corrected chi connectivity index (χ1v) is 11.2. The number of rotatable bonds is 6. The van der Waals surface area contributed by atoms with Crippen molar-refractivity contribution in [2.75, 3.05) is 11.4 Å². The summed E-state index contributed by atoms with van der Waals surface area (Å²) >= 11 is 1.75. The topological polar surface area (TPSA) is 44.1 Å². The minimum Gasteiger partial charge on any atom is -0.308 e. The minimum absolute atomic E-state index is 0.0327. The summed E-state index contributed by atoms with van der Waals surface area (Å²) in [6, 6.07) is 31.2. The van der Waals surface area contributed by atoms with Crippen molar-refractivity contribution in [2.45, 2.75) is 22.6 Å². The zero-order valence-electron chi connectivity index (χ0n) is 16.9. The number of nitriles is 1. The van der Waals surface area contributed by atoms with Gasteiger partial charge in [-0.05, 0) is 59.3 Å². The Morgan fingerprint density at radius 3 is 2.35 bits per heavy atom. The third-order valence-electron chi connectivity index (χ3n) is 5.60. The number of hydrogen-bond acceptors (Lipinski definition) is 3. The van der Waals surface area contributed by atoms with Gasteiger partial charge in [0.1, 0.15) is 0 Å². The Morgan fingerprint density at radius 1 is 0.806 bits per heavy atom. The Bertz CT molecular complexity index is 1310. The molecule has 4 heteroatoms. The number of hydrogen-bond donors (Lipinski definition) is 0. The zero-order valence-corrected chi connectivity index (χ0v) is 17.7. The fraction of sp³-hybridized carbons (Fsp3) is 0.111. The summed E-state index contributed by atoms with van der Waals surface area (Å²) in [5, 5.41) is 11.0. The van der Waals surface area contributed by atoms with E-state index in [4.69, 9.17) is 5.26 Å². The predicted molar refractivity (Wildman–Crippen MR) is 126 cm³/mol. The van der Waals surface area contributed by atoms with Crippen LogP contribution in [0, 0.1) is 11.3 Å². The average Bonchev–Trinajstić information content (AvgIpc) is 3.09. The van der Waals surface area contributed by atoms with Crippen LogP contribution in [0.15, 0.2) is 94.7 Å². The Hall–Kier alpha value is -3.55. The van der Waals surface area contributed by atoms with Gasteiger partial charge in [-0.25, -0.2) is 0 Å². The van der Waals surface area contributed by atoms with Crippen LogP contribution in [0.1, 0.15) is 23.2 Å². The first-order chi connectivity index (χ1) is 15.3. The van der Waals surface area contributed by atoms with Crippen molar-refractivity contribution in [3.63, 3.8) is 0 Å². The third kappa shape index (κ3) is 3.58. The van der Waals surface area contributed by atoms with Crippen molar-refractivity contribution < 1.29 is 4.79 Å². The zero-order chi connectivity index (χ0) is 21.2. The van der Waals surface area contributed by atoms with E-state index in [1.165, 1.54) is 9.79 Å². The molecular formula is C27H20N2OS. The van der Waals surface area contributed by atoms with E-state index in [0.717, 1.165) is 33.2 Å². The molecule has 1 aliphatic rings. The van der Waals surface area contributed by atoms with Crippen molar-refractivity contribution in [1.29, 1.82) is 5.26 Å². The summed E-state index contributed by atoms with van der Waals surface area (Å²) in [6.07, 6.45) is 1.13. The van der Waals surface area contributed by atoms with Gasteiger partial charge in [0.15, 0.2) is 0 Å². The van der Waals surface area contributed by atoms with Crippen LogP contribution in [0.5, 0.6) is 0 Å². The molecule has 5 rings (SSSR count). The number of anilines is 1. The first kappa shape index (κ1) is 19.4. The number of carbonyl (C=O) groups excluding carboxylic acids is 1. The fourth-order valence-corrected chi connectivity index (χ4v) is 5.00. The molecule has 4 aromatic carbocycles. The molecule has 0 atom stereocenters. The minimum atomic E-state index is 0.0327. The second-order valence-electron chi connectivity index (χ2n) is 7.52. The lowest BCUT2D eigenvalue weighted by Crippen LogP contribution is -2.27. The fourth-order valence-electron chi connectivity index (χ4n) is 4.16. The van der Waals surface area contributed by atoms with Crippen LogP contribution in [0.3, 0.4) is 0 Å². The van der Waals surface area contributed by atoms with Gasteiger partial charge in [-0.2, -0.15) is 5.26 Å². The molecule has 0 saturated heterocycles. The second kappa shape index (κ2) is 8.29. The maximum absolute atomic E-state index is 13.0. The quantitative estimate of drug-likeness (QED) is 0.318. The van der Waals surface area contributed by atoms with Crippen molar-refractivity contribution in [1.82, 2.24) is 0 Å². The van der Waals surface area contributed by atoms with Crippen molar-refractivity contribution in [2.24, 2.45) is 0 Å². The van der Waals surface area contributed by atoms with Crippen molar-refractivity contribution in [3.05, 3.63) is 90.5 Å². The molecule has 0 aliphatic carbocycles. The van der Waals surface area contributed by atoms with Gasteiger partial charge in [-0.3, -0.25) is 4.79 Å². The molecular weight excluding hydrogens is 400 g/mol. The van der Waals surface area contributed by atoms with Crippen LogP contribution in [0.2, 0.25) is 0 Å². The second-order valence-corrected chi connectivity index (χ2v) is 8.67. The average molecular weight is 421 g/mol. The van der Waals surface area contributed by atoms with Gasteiger partial charge in [0.2, 0.25) is 0 Å². The van der Waals surface area contributed by atoms with E-state index in [0.29, 0.717) is 19.4 Å². The molecule has 0 bridgehead atoms. The summed E-state index contributed by atoms with van der Waals surface area (Å²) in [4.78, 5) is 17.2. The summed E-state index contributed by atoms with van der Waals surface area (Å²) < 4.78 is 0. The molecule has 0 fully saturated rings. The highest BCUT2D eigenvalue weighted by atomic mass is 32.2. The van der Waals surface area contributed by atoms with Crippen LogP contribution in [-0.2, 0) is 0 Å². The van der Waals surface area contributed by atoms with Crippen LogP contribution in [0.25, 0.3) is 21.9 Å². The lowest BCUT2D eigenvalue weighted by Gasteiger charge is -2.17. The highest BCUT2D eigenvalue weighted by Crippen LogP contribution is 2.42. The third-order valence-corrected chi connectivity index (χ3v) is 6.62. The van der Waals surface area contributed by atoms with E-state index in [2.05, 4.69) is 54.6 Å². The standard InChI is InChI=1S/C27H20N2OS/c28-17-4-5-18-29-25-16-15-22(23-9-6-10-24(26(23)25)27(29)30)19-11-13-21(14-12-19)31-20-7-2-1-3-8-20/h1-3,6-16H,4-5,18H2. The normalized spacial score (nSPS) is 12.4. The molecule has 0 N–H and O–H groups in total. The van der Waals surface area contributed by atoms with E-state index < -0.39 is 0 Å². The van der Waals surface area contributed by atoms with Gasteiger partial charge in [0.25, 0.3) is 5.91 Å². The van der Waals surface area contributed by atoms with E-state index in [9.17, 15) is 4.79 Å². The van der Waals surface area contributed by atoms with Crippen LogP contribution < -0.4 is 4.90 Å². The molecule has 0 saturated carbocycles. The molecule has 0 unspecified atom stereocenters. The summed E-state index contributed by atoms with van der Waals surface area (Å²) in [5.41, 5.74) is 3.97. The van der Waals surface area contributed by atoms with Gasteiger partial charge in [-0.15, -0.1) is 0 Å². The molecule has 1 amide bonds. The molecule has 0 spiro atoms. The maximum Gasteiger partial charge on any atom is 0.258 e. The van der Waals surface area contributed by atoms with E-state index in [1.54, 1.807) is 11.8 Å². The van der Waals surface area contributed by atoms with E-state index in [-0.39, 0.29) is 5.91 Å². The molecule has 31 heavy (non-hydrogen) atoms. The SMILES string of the molecule is N#CCCCN1C(=O)c2cccc3c(-c4ccc(Sc5ccccc5)cc4)ccc1c23. The van der Waals surface area contributed by atoms with E-state index >= 15 is 0 Å². The molecule has 150 valence electrons. The summed E-state index contributed by atoms with van der Waals surface area (Å²) in [7, 11) is 0.